The number of likely N-dealkylation sites (N-methyl/N-ethyl adjacent to an activating group) is 1. The second-order valence-corrected chi connectivity index (χ2v) is 9.24. The van der Waals surface area contributed by atoms with Crippen molar-refractivity contribution >= 4 is 34.3 Å². The normalized spacial score (nSPS) is 15.6. The highest BCUT2D eigenvalue weighted by Crippen LogP contribution is 2.23. The number of pyridine rings is 1. The molecule has 0 bridgehead atoms. The van der Waals surface area contributed by atoms with E-state index in [1.54, 1.807) is 16.8 Å². The first kappa shape index (κ1) is 22.9. The second-order valence-electron chi connectivity index (χ2n) is 9.24. The molecule has 1 amide bonds. The minimum atomic E-state index is -0.260. The van der Waals surface area contributed by atoms with Gasteiger partial charge in [-0.25, -0.2) is 19.3 Å². The molecule has 11 nitrogen and oxygen atoms in total. The summed E-state index contributed by atoms with van der Waals surface area (Å²) in [6.45, 7) is 8.56. The van der Waals surface area contributed by atoms with Gasteiger partial charge >= 0.3 is 0 Å². The molecule has 0 unspecified atom stereocenters. The van der Waals surface area contributed by atoms with Crippen LogP contribution in [0.15, 0.2) is 60.0 Å². The lowest BCUT2D eigenvalue weighted by molar-refractivity contribution is 0.0961. The number of piperazine rings is 1. The van der Waals surface area contributed by atoms with Crippen LogP contribution in [0.3, 0.4) is 0 Å². The maximum absolute atomic E-state index is 13.2. The Kier molecular flexibility index (Phi) is 5.68. The van der Waals surface area contributed by atoms with Crippen molar-refractivity contribution in [3.05, 3.63) is 76.9 Å². The van der Waals surface area contributed by atoms with Crippen molar-refractivity contribution in [1.82, 2.24) is 34.5 Å². The van der Waals surface area contributed by atoms with E-state index < -0.39 is 0 Å². The monoisotopic (exact) mass is 497 g/mol. The molecule has 0 radical (unpaired) electrons. The van der Waals surface area contributed by atoms with Crippen LogP contribution in [-0.4, -0.2) is 68.3 Å². The number of carbonyl (C=O) groups is 1. The SMILES string of the molecule is C=CCn1c(=O)c2cnc(Nc3ccc(N4CCN(C)CC4)cc3)nc2n1-c1ccc2c(n1)C(=O)NC2. The van der Waals surface area contributed by atoms with Crippen molar-refractivity contribution in [2.24, 2.45) is 0 Å². The van der Waals surface area contributed by atoms with Gasteiger partial charge in [-0.1, -0.05) is 12.1 Å². The van der Waals surface area contributed by atoms with Gasteiger partial charge in [-0.2, -0.15) is 4.98 Å². The molecule has 1 saturated heterocycles. The number of nitrogens with one attached hydrogen (secondary N) is 2. The molecule has 2 aliphatic heterocycles. The first-order valence-corrected chi connectivity index (χ1v) is 12.2. The molecular weight excluding hydrogens is 470 g/mol. The number of hydrogen-bond donors (Lipinski definition) is 2. The van der Waals surface area contributed by atoms with Crippen molar-refractivity contribution in [2.45, 2.75) is 13.1 Å². The van der Waals surface area contributed by atoms with Gasteiger partial charge in [0.2, 0.25) is 5.95 Å². The summed E-state index contributed by atoms with van der Waals surface area (Å²) in [6, 6.07) is 11.8. The molecule has 0 spiro atoms. The van der Waals surface area contributed by atoms with Crippen LogP contribution in [0.1, 0.15) is 16.1 Å². The van der Waals surface area contributed by atoms with E-state index in [0.717, 1.165) is 37.4 Å². The lowest BCUT2D eigenvalue weighted by atomic mass is 10.2. The number of rotatable bonds is 6. The fourth-order valence-corrected chi connectivity index (χ4v) is 4.75. The third-order valence-corrected chi connectivity index (χ3v) is 6.81. The third kappa shape index (κ3) is 4.12. The molecule has 3 aromatic heterocycles. The van der Waals surface area contributed by atoms with Gasteiger partial charge in [-0.15, -0.1) is 6.58 Å². The van der Waals surface area contributed by atoms with Crippen LogP contribution >= 0.6 is 0 Å². The molecule has 4 aromatic rings. The molecule has 2 aliphatic rings. The Labute approximate surface area is 213 Å². The smallest absolute Gasteiger partial charge is 0.278 e. The van der Waals surface area contributed by atoms with Gasteiger partial charge < -0.3 is 20.4 Å². The Morgan fingerprint density at radius 1 is 1.05 bits per heavy atom. The number of anilines is 3. The van der Waals surface area contributed by atoms with E-state index in [-0.39, 0.29) is 18.0 Å². The molecule has 5 heterocycles. The Hall–Kier alpha value is -4.51. The minimum absolute atomic E-state index is 0.233. The van der Waals surface area contributed by atoms with E-state index in [0.29, 0.717) is 35.0 Å². The number of aromatic nitrogens is 5. The van der Waals surface area contributed by atoms with Gasteiger partial charge in [0.15, 0.2) is 11.5 Å². The van der Waals surface area contributed by atoms with Crippen molar-refractivity contribution in [3.63, 3.8) is 0 Å². The predicted molar refractivity (Wildman–Crippen MR) is 142 cm³/mol. The zero-order chi connectivity index (χ0) is 25.5. The summed E-state index contributed by atoms with van der Waals surface area (Å²) < 4.78 is 3.11. The summed E-state index contributed by atoms with van der Waals surface area (Å²) in [6.07, 6.45) is 3.15. The number of allylic oxidation sites excluding steroid dienone is 1. The van der Waals surface area contributed by atoms with Crippen LogP contribution < -0.4 is 21.1 Å². The van der Waals surface area contributed by atoms with E-state index in [2.05, 4.69) is 61.1 Å². The average Bonchev–Trinajstić information content (AvgIpc) is 3.41. The van der Waals surface area contributed by atoms with E-state index in [9.17, 15) is 9.59 Å². The molecule has 1 aromatic carbocycles. The quantitative estimate of drug-likeness (QED) is 0.389. The molecule has 0 aliphatic carbocycles. The largest absolute Gasteiger partial charge is 0.369 e. The van der Waals surface area contributed by atoms with E-state index in [1.807, 2.05) is 18.2 Å². The minimum Gasteiger partial charge on any atom is -0.369 e. The second kappa shape index (κ2) is 9.17. The van der Waals surface area contributed by atoms with Crippen LogP contribution in [0, 0.1) is 0 Å². The molecule has 0 atom stereocenters. The van der Waals surface area contributed by atoms with Crippen LogP contribution in [0.25, 0.3) is 16.9 Å². The third-order valence-electron chi connectivity index (χ3n) is 6.81. The molecule has 188 valence electrons. The highest BCUT2D eigenvalue weighted by molar-refractivity contribution is 5.96. The lowest BCUT2D eigenvalue weighted by Crippen LogP contribution is -2.44. The molecule has 0 saturated carbocycles. The molecule has 1 fully saturated rings. The maximum atomic E-state index is 13.2. The predicted octanol–water partition coefficient (Wildman–Crippen LogP) is 1.90. The maximum Gasteiger partial charge on any atom is 0.278 e. The van der Waals surface area contributed by atoms with Crippen molar-refractivity contribution < 1.29 is 4.79 Å². The number of fused-ring (bicyclic) bond motifs is 2. The Morgan fingerprint density at radius 3 is 2.59 bits per heavy atom. The number of hydrogen-bond acceptors (Lipinski definition) is 8. The van der Waals surface area contributed by atoms with Crippen LogP contribution in [-0.2, 0) is 13.1 Å². The zero-order valence-corrected chi connectivity index (χ0v) is 20.5. The van der Waals surface area contributed by atoms with Gasteiger partial charge in [0.05, 0.1) is 6.54 Å². The molecule has 37 heavy (non-hydrogen) atoms. The fraction of sp³-hybridized carbons (Fsp3) is 0.269. The summed E-state index contributed by atoms with van der Waals surface area (Å²) in [5.74, 6) is 0.539. The first-order chi connectivity index (χ1) is 18.0. The Morgan fingerprint density at radius 2 is 1.84 bits per heavy atom. The first-order valence-electron chi connectivity index (χ1n) is 12.2. The van der Waals surface area contributed by atoms with Gasteiger partial charge in [-0.05, 0) is 37.4 Å². The Bertz CT molecular complexity index is 1560. The summed E-state index contributed by atoms with van der Waals surface area (Å²) in [5.41, 5.74) is 3.32. The molecule has 6 rings (SSSR count). The van der Waals surface area contributed by atoms with E-state index in [4.69, 9.17) is 0 Å². The van der Waals surface area contributed by atoms with Crippen LogP contribution in [0.4, 0.5) is 17.3 Å². The highest BCUT2D eigenvalue weighted by atomic mass is 16.2. The number of carbonyl (C=O) groups excluding carboxylic acids is 1. The Balaban J connectivity index is 1.35. The zero-order valence-electron chi connectivity index (χ0n) is 20.5. The molecule has 11 heteroatoms. The topological polar surface area (TPSA) is 113 Å². The summed E-state index contributed by atoms with van der Waals surface area (Å²) in [5, 5.41) is 6.37. The number of benzene rings is 1. The van der Waals surface area contributed by atoms with Crippen molar-refractivity contribution in [2.75, 3.05) is 43.4 Å². The standard InChI is InChI=1S/C26H27N9O2/c1-3-10-34-25(37)20-16-28-26(29-18-5-7-19(8-6-18)33-13-11-32(2)12-14-33)31-23(20)35(34)21-9-4-17-15-27-24(36)22(17)30-21/h3-9,16H,1,10-15H2,2H3,(H,27,36)(H,28,29,31). The summed E-state index contributed by atoms with van der Waals surface area (Å²) in [4.78, 5) is 43.7. The van der Waals surface area contributed by atoms with Crippen LogP contribution in [0.5, 0.6) is 0 Å². The number of amides is 1. The van der Waals surface area contributed by atoms with E-state index in [1.165, 1.54) is 16.6 Å². The highest BCUT2D eigenvalue weighted by Gasteiger charge is 2.24. The lowest BCUT2D eigenvalue weighted by Gasteiger charge is -2.34. The summed E-state index contributed by atoms with van der Waals surface area (Å²) >= 11 is 0. The average molecular weight is 498 g/mol. The molecule has 2 N–H and O–H groups in total. The van der Waals surface area contributed by atoms with Gasteiger partial charge in [-0.3, -0.25) is 9.59 Å². The number of nitrogens with zero attached hydrogens (tertiary/aromatic N) is 7. The molecular formula is C26H27N9O2. The fourth-order valence-electron chi connectivity index (χ4n) is 4.75. The van der Waals surface area contributed by atoms with Crippen molar-refractivity contribution in [3.8, 4) is 5.82 Å². The van der Waals surface area contributed by atoms with Gasteiger partial charge in [0.25, 0.3) is 11.5 Å². The van der Waals surface area contributed by atoms with Crippen LogP contribution in [0.2, 0.25) is 0 Å². The summed E-state index contributed by atoms with van der Waals surface area (Å²) in [7, 11) is 2.14. The van der Waals surface area contributed by atoms with Crippen molar-refractivity contribution in [1.29, 1.82) is 0 Å². The van der Waals surface area contributed by atoms with E-state index >= 15 is 0 Å². The van der Waals surface area contributed by atoms with Gasteiger partial charge in [0, 0.05) is 55.9 Å². The van der Waals surface area contributed by atoms with Gasteiger partial charge in [0.1, 0.15) is 11.1 Å².